The molecule has 0 spiro atoms. The van der Waals surface area contributed by atoms with Crippen molar-refractivity contribution in [3.05, 3.63) is 107 Å². The van der Waals surface area contributed by atoms with E-state index in [4.69, 9.17) is 13.9 Å². The summed E-state index contributed by atoms with van der Waals surface area (Å²) in [5.41, 5.74) is 4.28. The monoisotopic (exact) mass is 625 g/mol. The van der Waals surface area contributed by atoms with Crippen molar-refractivity contribution in [2.75, 3.05) is 31.8 Å². The van der Waals surface area contributed by atoms with E-state index < -0.39 is 15.8 Å². The van der Waals surface area contributed by atoms with Crippen LogP contribution < -0.4 is 15.4 Å². The van der Waals surface area contributed by atoms with Crippen LogP contribution in [0, 0.1) is 0 Å². The van der Waals surface area contributed by atoms with Gasteiger partial charge in [0.25, 0.3) is 0 Å². The first-order chi connectivity index (χ1) is 21.9. The number of nitrogens with zero attached hydrogens (tertiary/aromatic N) is 3. The second kappa shape index (κ2) is 12.0. The standard InChI is InChI=1S/C26H26N2O5S.C8H5NO2/c1-31-25-8-4-5-18-16-32-17-28(26(18)25)19-11-13-27(14-12-19)34(29,30)20-9-10-24-22(15-20)21-6-2-3-7-23(21)33-24;10-8-9-7-4-2-1-3-6(7)5-11-8/h2-10,15,19H,11-14,16-17H2,1H3;1-5H. The Kier molecular flexibility index (Phi) is 7.74. The number of fused-ring (bicyclic) bond motifs is 5. The smallest absolute Gasteiger partial charge is 0.439 e. The molecule has 0 unspecified atom stereocenters. The number of para-hydroxylation sites is 3. The minimum atomic E-state index is -3.61. The zero-order valence-corrected chi connectivity index (χ0v) is 25.4. The van der Waals surface area contributed by atoms with Crippen molar-refractivity contribution in [2.24, 2.45) is 0 Å². The number of sulfonamides is 1. The van der Waals surface area contributed by atoms with Gasteiger partial charge in [-0.1, -0.05) is 42.5 Å². The van der Waals surface area contributed by atoms with Crippen LogP contribution in [0.4, 0.5) is 5.69 Å². The van der Waals surface area contributed by atoms with Gasteiger partial charge in [0.15, 0.2) is 0 Å². The summed E-state index contributed by atoms with van der Waals surface area (Å²) in [4.78, 5) is 16.8. The number of anilines is 1. The number of methoxy groups -OCH3 is 1. The van der Waals surface area contributed by atoms with Crippen LogP contribution in [-0.4, -0.2) is 50.7 Å². The predicted molar refractivity (Wildman–Crippen MR) is 171 cm³/mol. The van der Waals surface area contributed by atoms with Gasteiger partial charge in [-0.3, -0.25) is 0 Å². The van der Waals surface area contributed by atoms with E-state index in [9.17, 15) is 13.2 Å². The summed E-state index contributed by atoms with van der Waals surface area (Å²) in [6, 6.07) is 26.3. The lowest BCUT2D eigenvalue weighted by molar-refractivity contribution is 0.0979. The fourth-order valence-electron chi connectivity index (χ4n) is 6.12. The van der Waals surface area contributed by atoms with Crippen LogP contribution in [0.3, 0.4) is 0 Å². The van der Waals surface area contributed by atoms with Gasteiger partial charge in [-0.25, -0.2) is 13.2 Å². The second-order valence-corrected chi connectivity index (χ2v) is 12.9. The highest BCUT2D eigenvalue weighted by Crippen LogP contribution is 2.39. The van der Waals surface area contributed by atoms with Crippen LogP contribution in [0.15, 0.2) is 110 Å². The van der Waals surface area contributed by atoms with E-state index in [0.717, 1.165) is 51.6 Å². The molecule has 0 N–H and O–H groups in total. The molecule has 6 aromatic rings. The van der Waals surface area contributed by atoms with Crippen molar-refractivity contribution in [1.29, 1.82) is 0 Å². The summed E-state index contributed by atoms with van der Waals surface area (Å²) >= 11 is 0. The number of hydrogen-bond donors (Lipinski definition) is 0. The maximum atomic E-state index is 13.5. The third-order valence-electron chi connectivity index (χ3n) is 8.36. The second-order valence-electron chi connectivity index (χ2n) is 11.0. The lowest BCUT2D eigenvalue weighted by Crippen LogP contribution is -2.48. The Balaban J connectivity index is 0.000000249. The van der Waals surface area contributed by atoms with Crippen LogP contribution >= 0.6 is 0 Å². The number of rotatable bonds is 4. The first kappa shape index (κ1) is 29.0. The minimum Gasteiger partial charge on any atom is -0.495 e. The molecule has 0 saturated carbocycles. The number of piperidine rings is 1. The molecule has 0 radical (unpaired) electrons. The topological polar surface area (TPSA) is 115 Å². The molecule has 0 atom stereocenters. The van der Waals surface area contributed by atoms with Crippen molar-refractivity contribution in [2.45, 2.75) is 30.4 Å². The van der Waals surface area contributed by atoms with E-state index in [1.54, 1.807) is 35.7 Å². The van der Waals surface area contributed by atoms with Crippen LogP contribution in [0.2, 0.25) is 0 Å². The Bertz CT molecular complexity index is 2150. The molecule has 45 heavy (non-hydrogen) atoms. The van der Waals surface area contributed by atoms with Gasteiger partial charge in [0, 0.05) is 40.9 Å². The molecule has 2 aliphatic heterocycles. The van der Waals surface area contributed by atoms with Crippen molar-refractivity contribution in [1.82, 2.24) is 9.29 Å². The number of aromatic nitrogens is 1. The molecule has 4 aromatic carbocycles. The van der Waals surface area contributed by atoms with Crippen molar-refractivity contribution < 1.29 is 26.7 Å². The molecule has 2 aromatic heterocycles. The first-order valence-corrected chi connectivity index (χ1v) is 16.1. The average molecular weight is 626 g/mol. The zero-order chi connectivity index (χ0) is 31.0. The van der Waals surface area contributed by atoms with E-state index in [0.29, 0.717) is 42.4 Å². The molecule has 2 aliphatic rings. The highest BCUT2D eigenvalue weighted by atomic mass is 32.2. The SMILES string of the molecule is COc1cccc2c1N(C1CCN(S(=O)(=O)c3ccc4oc5ccccc5c4c3)CC1)COC2.O=c1nc2ccccc2co1. The van der Waals surface area contributed by atoms with Gasteiger partial charge in [-0.05, 0) is 55.3 Å². The van der Waals surface area contributed by atoms with Crippen LogP contribution in [0.5, 0.6) is 5.75 Å². The highest BCUT2D eigenvalue weighted by Gasteiger charge is 2.34. The predicted octanol–water partition coefficient (Wildman–Crippen LogP) is 5.93. The zero-order valence-electron chi connectivity index (χ0n) is 24.6. The summed E-state index contributed by atoms with van der Waals surface area (Å²) < 4.78 is 50.5. The Morgan fingerprint density at radius 2 is 1.67 bits per heavy atom. The van der Waals surface area contributed by atoms with Gasteiger partial charge in [0.1, 0.15) is 29.9 Å². The van der Waals surface area contributed by atoms with Gasteiger partial charge in [-0.2, -0.15) is 9.29 Å². The van der Waals surface area contributed by atoms with E-state index in [1.807, 2.05) is 54.6 Å². The van der Waals surface area contributed by atoms with Crippen molar-refractivity contribution >= 4 is 48.6 Å². The molecule has 230 valence electrons. The largest absolute Gasteiger partial charge is 0.495 e. The van der Waals surface area contributed by atoms with E-state index in [-0.39, 0.29) is 6.04 Å². The van der Waals surface area contributed by atoms with Crippen molar-refractivity contribution in [3.63, 3.8) is 0 Å². The number of hydrogen-bond acceptors (Lipinski definition) is 9. The Morgan fingerprint density at radius 1 is 0.889 bits per heavy atom. The fraction of sp³-hybridized carbons (Fsp3) is 0.235. The third-order valence-corrected chi connectivity index (χ3v) is 10.3. The van der Waals surface area contributed by atoms with Gasteiger partial charge in [-0.15, -0.1) is 0 Å². The van der Waals surface area contributed by atoms with Gasteiger partial charge in [0.05, 0.1) is 29.8 Å². The molecule has 11 heteroatoms. The number of ether oxygens (including phenoxy) is 2. The summed E-state index contributed by atoms with van der Waals surface area (Å²) in [5.74, 6) is 0.278. The number of furan rings is 1. The summed E-state index contributed by atoms with van der Waals surface area (Å²) in [6.07, 6.45) is 2.85. The van der Waals surface area contributed by atoms with Crippen LogP contribution in [0.25, 0.3) is 32.8 Å². The maximum absolute atomic E-state index is 13.5. The van der Waals surface area contributed by atoms with E-state index in [1.165, 1.54) is 6.26 Å². The highest BCUT2D eigenvalue weighted by molar-refractivity contribution is 7.89. The third kappa shape index (κ3) is 5.54. The van der Waals surface area contributed by atoms with Crippen LogP contribution in [0.1, 0.15) is 18.4 Å². The van der Waals surface area contributed by atoms with Crippen molar-refractivity contribution in [3.8, 4) is 5.75 Å². The fourth-order valence-corrected chi connectivity index (χ4v) is 7.61. The first-order valence-electron chi connectivity index (χ1n) is 14.7. The molecule has 8 rings (SSSR count). The lowest BCUT2D eigenvalue weighted by atomic mass is 10.0. The lowest BCUT2D eigenvalue weighted by Gasteiger charge is -2.42. The molecule has 0 aliphatic carbocycles. The summed E-state index contributed by atoms with van der Waals surface area (Å²) in [7, 11) is -1.93. The van der Waals surface area contributed by atoms with Crippen LogP contribution in [-0.2, 0) is 21.4 Å². The average Bonchev–Trinajstić information content (AvgIpc) is 3.46. The Labute approximate surface area is 259 Å². The Morgan fingerprint density at radius 3 is 2.51 bits per heavy atom. The molecule has 1 fully saturated rings. The molecule has 0 amide bonds. The molecular formula is C34H31N3O7S. The molecule has 4 heterocycles. The normalized spacial score (nSPS) is 16.0. The molecular weight excluding hydrogens is 594 g/mol. The molecule has 0 bridgehead atoms. The van der Waals surface area contributed by atoms with E-state index in [2.05, 4.69) is 20.4 Å². The van der Waals surface area contributed by atoms with Gasteiger partial charge in [0.2, 0.25) is 10.0 Å². The van der Waals surface area contributed by atoms with Gasteiger partial charge >= 0.3 is 5.76 Å². The summed E-state index contributed by atoms with van der Waals surface area (Å²) in [5, 5.41) is 2.58. The quantitative estimate of drug-likeness (QED) is 0.235. The molecule has 1 saturated heterocycles. The van der Waals surface area contributed by atoms with E-state index >= 15 is 0 Å². The number of benzene rings is 4. The maximum Gasteiger partial charge on any atom is 0.439 e. The summed E-state index contributed by atoms with van der Waals surface area (Å²) in [6.45, 7) is 1.95. The Hall–Kier alpha value is -4.71. The minimum absolute atomic E-state index is 0.182. The molecule has 10 nitrogen and oxygen atoms in total. The van der Waals surface area contributed by atoms with Gasteiger partial charge < -0.3 is 23.2 Å².